The Balaban J connectivity index is 1.52. The van der Waals surface area contributed by atoms with E-state index in [1.807, 2.05) is 17.5 Å². The second-order valence-corrected chi connectivity index (χ2v) is 6.62. The second-order valence-electron chi connectivity index (χ2n) is 5.58. The first-order valence-corrected chi connectivity index (χ1v) is 8.78. The standard InChI is InChI=1S/C18H15FN2O5S/c1-10-13-7-11(19)4-5-14(13)26-16(10)17(23)25-9-15(22)21-18(24)20-8-12-3-2-6-27-12/h2-7H,8-9H2,1H3,(H2,20,21,22,24). The van der Waals surface area contributed by atoms with Gasteiger partial charge in [-0.15, -0.1) is 11.3 Å². The fourth-order valence-corrected chi connectivity index (χ4v) is 3.02. The quantitative estimate of drug-likeness (QED) is 0.653. The summed E-state index contributed by atoms with van der Waals surface area (Å²) in [7, 11) is 0. The predicted molar refractivity (Wildman–Crippen MR) is 95.9 cm³/mol. The van der Waals surface area contributed by atoms with Gasteiger partial charge in [-0.1, -0.05) is 6.07 Å². The largest absolute Gasteiger partial charge is 0.450 e. The maximum Gasteiger partial charge on any atom is 0.375 e. The number of imide groups is 1. The molecule has 3 aromatic rings. The summed E-state index contributed by atoms with van der Waals surface area (Å²) in [6.07, 6.45) is 0. The summed E-state index contributed by atoms with van der Waals surface area (Å²) < 4.78 is 23.5. The Morgan fingerprint density at radius 1 is 1.26 bits per heavy atom. The molecule has 0 bridgehead atoms. The Morgan fingerprint density at radius 2 is 2.07 bits per heavy atom. The summed E-state index contributed by atoms with van der Waals surface area (Å²) in [5, 5.41) is 6.88. The van der Waals surface area contributed by atoms with Crippen molar-refractivity contribution in [1.82, 2.24) is 10.6 Å². The lowest BCUT2D eigenvalue weighted by Gasteiger charge is -2.06. The van der Waals surface area contributed by atoms with Crippen molar-refractivity contribution in [3.63, 3.8) is 0 Å². The smallest absolute Gasteiger partial charge is 0.375 e. The number of fused-ring (bicyclic) bond motifs is 1. The van der Waals surface area contributed by atoms with E-state index >= 15 is 0 Å². The van der Waals surface area contributed by atoms with Crippen LogP contribution in [0.5, 0.6) is 0 Å². The molecule has 2 N–H and O–H groups in total. The van der Waals surface area contributed by atoms with Crippen molar-refractivity contribution in [2.45, 2.75) is 13.5 Å². The molecule has 3 rings (SSSR count). The van der Waals surface area contributed by atoms with Gasteiger partial charge in [-0.3, -0.25) is 10.1 Å². The fourth-order valence-electron chi connectivity index (χ4n) is 2.37. The molecule has 0 aliphatic rings. The molecule has 0 saturated heterocycles. The summed E-state index contributed by atoms with van der Waals surface area (Å²) in [6.45, 7) is 1.21. The molecular weight excluding hydrogens is 375 g/mol. The number of hydrogen-bond donors (Lipinski definition) is 2. The number of thiophene rings is 1. The predicted octanol–water partition coefficient (Wildman–Crippen LogP) is 3.12. The molecule has 27 heavy (non-hydrogen) atoms. The van der Waals surface area contributed by atoms with Gasteiger partial charge in [0.25, 0.3) is 5.91 Å². The van der Waals surface area contributed by atoms with Crippen LogP contribution in [0.15, 0.2) is 40.1 Å². The van der Waals surface area contributed by atoms with Crippen LogP contribution in [0.1, 0.15) is 21.0 Å². The van der Waals surface area contributed by atoms with Gasteiger partial charge in [-0.05, 0) is 36.6 Å². The van der Waals surface area contributed by atoms with Crippen LogP contribution in [0, 0.1) is 12.7 Å². The maximum atomic E-state index is 13.3. The number of halogens is 1. The van der Waals surface area contributed by atoms with E-state index in [1.165, 1.54) is 29.5 Å². The number of carbonyl (C=O) groups is 3. The third-order valence-electron chi connectivity index (χ3n) is 3.67. The van der Waals surface area contributed by atoms with Crippen molar-refractivity contribution < 1.29 is 27.9 Å². The van der Waals surface area contributed by atoms with E-state index in [1.54, 1.807) is 6.92 Å². The summed E-state index contributed by atoms with van der Waals surface area (Å²) >= 11 is 1.47. The van der Waals surface area contributed by atoms with Gasteiger partial charge in [0.15, 0.2) is 6.61 Å². The van der Waals surface area contributed by atoms with Crippen LogP contribution in [-0.2, 0) is 16.1 Å². The number of rotatable bonds is 5. The van der Waals surface area contributed by atoms with Crippen LogP contribution in [0.25, 0.3) is 11.0 Å². The van der Waals surface area contributed by atoms with Crippen molar-refractivity contribution in [2.24, 2.45) is 0 Å². The molecular formula is C18H15FN2O5S. The lowest BCUT2D eigenvalue weighted by molar-refractivity contribution is -0.123. The Morgan fingerprint density at radius 3 is 2.81 bits per heavy atom. The first-order valence-electron chi connectivity index (χ1n) is 7.90. The minimum Gasteiger partial charge on any atom is -0.450 e. The minimum atomic E-state index is -0.877. The molecule has 7 nitrogen and oxygen atoms in total. The number of nitrogens with one attached hydrogen (secondary N) is 2. The molecule has 0 spiro atoms. The molecule has 2 aromatic heterocycles. The topological polar surface area (TPSA) is 97.6 Å². The van der Waals surface area contributed by atoms with E-state index in [0.717, 1.165) is 4.88 Å². The van der Waals surface area contributed by atoms with Crippen molar-refractivity contribution >= 4 is 40.2 Å². The molecule has 0 fully saturated rings. The minimum absolute atomic E-state index is 0.120. The summed E-state index contributed by atoms with van der Waals surface area (Å²) in [4.78, 5) is 36.4. The third kappa shape index (κ3) is 4.50. The molecule has 0 unspecified atom stereocenters. The third-order valence-corrected chi connectivity index (χ3v) is 4.55. The summed E-state index contributed by atoms with van der Waals surface area (Å²) in [5.41, 5.74) is 0.738. The lowest BCUT2D eigenvalue weighted by Crippen LogP contribution is -2.41. The molecule has 9 heteroatoms. The molecule has 0 atom stereocenters. The van der Waals surface area contributed by atoms with Crippen LogP contribution < -0.4 is 10.6 Å². The number of esters is 1. The van der Waals surface area contributed by atoms with Crippen molar-refractivity contribution in [1.29, 1.82) is 0 Å². The van der Waals surface area contributed by atoms with E-state index in [0.29, 0.717) is 16.5 Å². The number of hydrogen-bond acceptors (Lipinski definition) is 6. The fraction of sp³-hybridized carbons (Fsp3) is 0.167. The average Bonchev–Trinajstić information content (AvgIpc) is 3.26. The normalized spacial score (nSPS) is 10.6. The highest BCUT2D eigenvalue weighted by molar-refractivity contribution is 7.09. The number of ether oxygens (including phenoxy) is 1. The van der Waals surface area contributed by atoms with Crippen LogP contribution in [0.2, 0.25) is 0 Å². The summed E-state index contributed by atoms with van der Waals surface area (Å²) in [5.74, 6) is -2.24. The molecule has 140 valence electrons. The first-order chi connectivity index (χ1) is 12.9. The molecule has 0 saturated carbocycles. The van der Waals surface area contributed by atoms with Crippen LogP contribution >= 0.6 is 11.3 Å². The molecule has 0 aliphatic carbocycles. The van der Waals surface area contributed by atoms with Crippen LogP contribution in [-0.4, -0.2) is 24.5 Å². The van der Waals surface area contributed by atoms with Gasteiger partial charge in [-0.2, -0.15) is 0 Å². The zero-order valence-corrected chi connectivity index (χ0v) is 15.0. The molecule has 2 heterocycles. The van der Waals surface area contributed by atoms with E-state index < -0.39 is 30.3 Å². The number of aryl methyl sites for hydroxylation is 1. The van der Waals surface area contributed by atoms with Gasteiger partial charge in [-0.25, -0.2) is 14.0 Å². The summed E-state index contributed by atoms with van der Waals surface area (Å²) in [6, 6.07) is 6.85. The number of furan rings is 1. The Kier molecular flexibility index (Phi) is 5.51. The van der Waals surface area contributed by atoms with Crippen LogP contribution in [0.4, 0.5) is 9.18 Å². The van der Waals surface area contributed by atoms with Gasteiger partial charge >= 0.3 is 12.0 Å². The zero-order valence-electron chi connectivity index (χ0n) is 14.2. The SMILES string of the molecule is Cc1c(C(=O)OCC(=O)NC(=O)NCc2cccs2)oc2ccc(F)cc12. The Labute approximate surface area is 157 Å². The van der Waals surface area contributed by atoms with Gasteiger partial charge in [0.1, 0.15) is 11.4 Å². The molecule has 0 aliphatic heterocycles. The van der Waals surface area contributed by atoms with Gasteiger partial charge in [0.05, 0.1) is 6.54 Å². The highest BCUT2D eigenvalue weighted by Crippen LogP contribution is 2.26. The number of benzene rings is 1. The first kappa shape index (κ1) is 18.6. The van der Waals surface area contributed by atoms with Gasteiger partial charge in [0, 0.05) is 15.8 Å². The van der Waals surface area contributed by atoms with Crippen LogP contribution in [0.3, 0.4) is 0 Å². The Bertz CT molecular complexity index is 997. The van der Waals surface area contributed by atoms with Crippen molar-refractivity contribution in [3.8, 4) is 0 Å². The van der Waals surface area contributed by atoms with E-state index in [2.05, 4.69) is 10.6 Å². The monoisotopic (exact) mass is 390 g/mol. The molecule has 3 amide bonds. The number of amides is 3. The molecule has 1 aromatic carbocycles. The highest BCUT2D eigenvalue weighted by Gasteiger charge is 2.20. The molecule has 0 radical (unpaired) electrons. The van der Waals surface area contributed by atoms with Gasteiger partial charge < -0.3 is 14.5 Å². The van der Waals surface area contributed by atoms with Crippen molar-refractivity contribution in [2.75, 3.05) is 6.61 Å². The Hall–Kier alpha value is -3.20. The number of urea groups is 1. The second kappa shape index (κ2) is 8.00. The lowest BCUT2D eigenvalue weighted by atomic mass is 10.1. The van der Waals surface area contributed by atoms with E-state index in [9.17, 15) is 18.8 Å². The van der Waals surface area contributed by atoms with E-state index in [-0.39, 0.29) is 12.3 Å². The van der Waals surface area contributed by atoms with E-state index in [4.69, 9.17) is 9.15 Å². The maximum absolute atomic E-state index is 13.3. The zero-order chi connectivity index (χ0) is 19.4. The highest BCUT2D eigenvalue weighted by atomic mass is 32.1. The van der Waals surface area contributed by atoms with Gasteiger partial charge in [0.2, 0.25) is 5.76 Å². The average molecular weight is 390 g/mol. The van der Waals surface area contributed by atoms with Crippen molar-refractivity contribution in [3.05, 3.63) is 57.7 Å². The number of carbonyl (C=O) groups excluding carboxylic acids is 3.